The molecule has 0 aromatic carbocycles. The molecule has 2 aromatic rings. The summed E-state index contributed by atoms with van der Waals surface area (Å²) >= 11 is 1.74. The molecule has 3 rings (SSSR count). The Bertz CT molecular complexity index is 573. The Morgan fingerprint density at radius 3 is 2.86 bits per heavy atom. The summed E-state index contributed by atoms with van der Waals surface area (Å²) in [6.07, 6.45) is 7.72. The van der Waals surface area contributed by atoms with Crippen LogP contribution in [0.5, 0.6) is 5.88 Å². The van der Waals surface area contributed by atoms with E-state index in [2.05, 4.69) is 19.9 Å². The zero-order chi connectivity index (χ0) is 14.7. The molecule has 0 radical (unpaired) electrons. The topological polar surface area (TPSA) is 51.1 Å². The van der Waals surface area contributed by atoms with Gasteiger partial charge in [-0.15, -0.1) is 11.3 Å². The number of ether oxygens (including phenoxy) is 1. The van der Waals surface area contributed by atoms with Crippen molar-refractivity contribution in [1.29, 1.82) is 0 Å². The van der Waals surface area contributed by atoms with Crippen LogP contribution in [-0.4, -0.2) is 34.1 Å². The van der Waals surface area contributed by atoms with Crippen LogP contribution in [-0.2, 0) is 0 Å². The molecule has 112 valence electrons. The van der Waals surface area contributed by atoms with Crippen LogP contribution in [0.1, 0.15) is 37.6 Å². The van der Waals surface area contributed by atoms with Gasteiger partial charge in [-0.3, -0.25) is 0 Å². The summed E-state index contributed by atoms with van der Waals surface area (Å²) in [7, 11) is 0. The maximum absolute atomic E-state index is 5.80. The molecule has 1 unspecified atom stereocenters. The van der Waals surface area contributed by atoms with Crippen molar-refractivity contribution in [2.75, 3.05) is 18.0 Å². The summed E-state index contributed by atoms with van der Waals surface area (Å²) < 4.78 is 5.80. The highest BCUT2D eigenvalue weighted by molar-refractivity contribution is 7.09. The smallest absolute Gasteiger partial charge is 0.257 e. The summed E-state index contributed by atoms with van der Waals surface area (Å²) in [5.74, 6) is 1.97. The number of rotatable bonds is 4. The van der Waals surface area contributed by atoms with Gasteiger partial charge in [-0.05, 0) is 26.7 Å². The Kier molecular flexibility index (Phi) is 4.34. The van der Waals surface area contributed by atoms with Crippen molar-refractivity contribution >= 4 is 17.2 Å². The number of anilines is 1. The van der Waals surface area contributed by atoms with Crippen molar-refractivity contribution in [3.63, 3.8) is 0 Å². The van der Waals surface area contributed by atoms with E-state index in [0.717, 1.165) is 25.3 Å². The first-order valence-corrected chi connectivity index (χ1v) is 8.24. The van der Waals surface area contributed by atoms with Gasteiger partial charge in [0, 0.05) is 43.0 Å². The molecular formula is C15H20N4OS. The fraction of sp³-hybridized carbons (Fsp3) is 0.533. The van der Waals surface area contributed by atoms with Crippen LogP contribution >= 0.6 is 11.3 Å². The lowest BCUT2D eigenvalue weighted by Gasteiger charge is -2.33. The maximum atomic E-state index is 5.80. The van der Waals surface area contributed by atoms with Gasteiger partial charge < -0.3 is 9.64 Å². The van der Waals surface area contributed by atoms with Gasteiger partial charge in [-0.25, -0.2) is 15.0 Å². The van der Waals surface area contributed by atoms with Crippen molar-refractivity contribution in [1.82, 2.24) is 15.0 Å². The normalized spacial score (nSPS) is 19.0. The van der Waals surface area contributed by atoms with Gasteiger partial charge in [0.25, 0.3) is 5.88 Å². The molecule has 5 nitrogen and oxygen atoms in total. The van der Waals surface area contributed by atoms with E-state index in [4.69, 9.17) is 4.74 Å². The molecule has 0 aliphatic carbocycles. The minimum atomic E-state index is 0.0972. The standard InChI is InChI=1S/C15H20N4OS/c1-11(2)20-14-13(16-5-6-17-14)19-8-3-4-12(10-19)15-18-7-9-21-15/h5-7,9,11-12H,3-4,8,10H2,1-2H3. The Morgan fingerprint density at radius 2 is 2.10 bits per heavy atom. The number of nitrogens with zero attached hydrogens (tertiary/aromatic N) is 4. The Balaban J connectivity index is 1.80. The van der Waals surface area contributed by atoms with Gasteiger partial charge in [0.15, 0.2) is 5.82 Å². The van der Waals surface area contributed by atoms with Gasteiger partial charge in [-0.1, -0.05) is 0 Å². The van der Waals surface area contributed by atoms with E-state index in [0.29, 0.717) is 11.8 Å². The first-order valence-electron chi connectivity index (χ1n) is 7.36. The van der Waals surface area contributed by atoms with E-state index in [1.54, 1.807) is 23.7 Å². The lowest BCUT2D eigenvalue weighted by atomic mass is 9.99. The second-order valence-corrected chi connectivity index (χ2v) is 6.43. The Morgan fingerprint density at radius 1 is 1.24 bits per heavy atom. The fourth-order valence-corrected chi connectivity index (χ4v) is 3.42. The first-order chi connectivity index (χ1) is 10.2. The molecule has 1 aliphatic heterocycles. The molecule has 1 aliphatic rings. The predicted octanol–water partition coefficient (Wildman–Crippen LogP) is 3.10. The second-order valence-electron chi connectivity index (χ2n) is 5.51. The van der Waals surface area contributed by atoms with Crippen LogP contribution in [0.4, 0.5) is 5.82 Å². The van der Waals surface area contributed by atoms with Crippen molar-refractivity contribution in [2.45, 2.75) is 38.7 Å². The minimum Gasteiger partial charge on any atom is -0.472 e. The summed E-state index contributed by atoms with van der Waals surface area (Å²) in [6, 6.07) is 0. The van der Waals surface area contributed by atoms with Crippen molar-refractivity contribution < 1.29 is 4.74 Å². The lowest BCUT2D eigenvalue weighted by molar-refractivity contribution is 0.231. The van der Waals surface area contributed by atoms with E-state index < -0.39 is 0 Å². The largest absolute Gasteiger partial charge is 0.472 e. The summed E-state index contributed by atoms with van der Waals surface area (Å²) in [6.45, 7) is 5.94. The molecule has 0 spiro atoms. The Hall–Kier alpha value is -1.69. The average Bonchev–Trinajstić information content (AvgIpc) is 3.02. The monoisotopic (exact) mass is 304 g/mol. The molecule has 0 bridgehead atoms. The number of aromatic nitrogens is 3. The number of thiazole rings is 1. The van der Waals surface area contributed by atoms with Crippen molar-refractivity contribution in [3.05, 3.63) is 29.0 Å². The van der Waals surface area contributed by atoms with Gasteiger partial charge in [0.05, 0.1) is 11.1 Å². The van der Waals surface area contributed by atoms with E-state index in [-0.39, 0.29) is 6.10 Å². The van der Waals surface area contributed by atoms with E-state index in [1.165, 1.54) is 11.4 Å². The van der Waals surface area contributed by atoms with Crippen LogP contribution in [0.3, 0.4) is 0 Å². The summed E-state index contributed by atoms with van der Waals surface area (Å²) in [5, 5.41) is 3.26. The molecule has 1 fully saturated rings. The number of hydrogen-bond acceptors (Lipinski definition) is 6. The zero-order valence-corrected chi connectivity index (χ0v) is 13.2. The molecule has 2 aromatic heterocycles. The van der Waals surface area contributed by atoms with Crippen LogP contribution in [0, 0.1) is 0 Å². The van der Waals surface area contributed by atoms with Crippen molar-refractivity contribution in [3.8, 4) is 5.88 Å². The molecule has 0 N–H and O–H groups in total. The van der Waals surface area contributed by atoms with E-state index in [9.17, 15) is 0 Å². The third-order valence-corrected chi connectivity index (χ3v) is 4.45. The van der Waals surface area contributed by atoms with Crippen LogP contribution < -0.4 is 9.64 Å². The molecule has 0 amide bonds. The van der Waals surface area contributed by atoms with Gasteiger partial charge in [0.1, 0.15) is 0 Å². The summed E-state index contributed by atoms with van der Waals surface area (Å²) in [4.78, 5) is 15.6. The molecule has 1 saturated heterocycles. The molecule has 6 heteroatoms. The van der Waals surface area contributed by atoms with Crippen LogP contribution in [0.25, 0.3) is 0 Å². The van der Waals surface area contributed by atoms with Gasteiger partial charge in [-0.2, -0.15) is 0 Å². The van der Waals surface area contributed by atoms with Crippen LogP contribution in [0.15, 0.2) is 24.0 Å². The molecular weight excluding hydrogens is 284 g/mol. The quantitative estimate of drug-likeness (QED) is 0.868. The third kappa shape index (κ3) is 3.32. The van der Waals surface area contributed by atoms with Crippen LogP contribution in [0.2, 0.25) is 0 Å². The van der Waals surface area contributed by atoms with E-state index >= 15 is 0 Å². The molecule has 1 atom stereocenters. The minimum absolute atomic E-state index is 0.0972. The van der Waals surface area contributed by atoms with Crippen molar-refractivity contribution in [2.24, 2.45) is 0 Å². The molecule has 21 heavy (non-hydrogen) atoms. The second kappa shape index (κ2) is 6.39. The van der Waals surface area contributed by atoms with Gasteiger partial charge in [0.2, 0.25) is 0 Å². The highest BCUT2D eigenvalue weighted by Crippen LogP contribution is 2.33. The predicted molar refractivity (Wildman–Crippen MR) is 84.1 cm³/mol. The molecule has 0 saturated carbocycles. The highest BCUT2D eigenvalue weighted by Gasteiger charge is 2.26. The SMILES string of the molecule is CC(C)Oc1nccnc1N1CCCC(c2nccs2)C1. The zero-order valence-electron chi connectivity index (χ0n) is 12.4. The average molecular weight is 304 g/mol. The molecule has 3 heterocycles. The first kappa shape index (κ1) is 14.3. The lowest BCUT2D eigenvalue weighted by Crippen LogP contribution is -2.35. The Labute approximate surface area is 129 Å². The number of piperidine rings is 1. The highest BCUT2D eigenvalue weighted by atomic mass is 32.1. The fourth-order valence-electron chi connectivity index (χ4n) is 2.65. The van der Waals surface area contributed by atoms with E-state index in [1.807, 2.05) is 25.4 Å². The summed E-state index contributed by atoms with van der Waals surface area (Å²) in [5.41, 5.74) is 0. The number of hydrogen-bond donors (Lipinski definition) is 0. The maximum Gasteiger partial charge on any atom is 0.257 e. The van der Waals surface area contributed by atoms with Gasteiger partial charge >= 0.3 is 0 Å². The third-order valence-electron chi connectivity index (χ3n) is 3.52.